The second kappa shape index (κ2) is 5.43. The molecule has 0 bridgehead atoms. The van der Waals surface area contributed by atoms with Crippen molar-refractivity contribution < 1.29 is 9.13 Å². The molecule has 1 heterocycles. The molecule has 0 unspecified atom stereocenters. The van der Waals surface area contributed by atoms with Crippen LogP contribution in [0.2, 0.25) is 0 Å². The van der Waals surface area contributed by atoms with Gasteiger partial charge in [-0.15, -0.1) is 0 Å². The summed E-state index contributed by atoms with van der Waals surface area (Å²) in [5.41, 5.74) is 0.934. The first-order valence-corrected chi connectivity index (χ1v) is 6.37. The molecule has 1 aromatic carbocycles. The van der Waals surface area contributed by atoms with Gasteiger partial charge < -0.3 is 4.74 Å². The fourth-order valence-electron chi connectivity index (χ4n) is 1.92. The van der Waals surface area contributed by atoms with Crippen LogP contribution in [0.4, 0.5) is 4.39 Å². The minimum Gasteiger partial charge on any atom is -0.491 e. The SMILES string of the molecule is CC(C)(C)c1ccc(F)cc1OCCn1cccn1. The van der Waals surface area contributed by atoms with Crippen molar-refractivity contribution in [3.63, 3.8) is 0 Å². The largest absolute Gasteiger partial charge is 0.491 e. The van der Waals surface area contributed by atoms with Gasteiger partial charge in [-0.25, -0.2) is 4.39 Å². The lowest BCUT2D eigenvalue weighted by Crippen LogP contribution is -2.15. The maximum Gasteiger partial charge on any atom is 0.126 e. The summed E-state index contributed by atoms with van der Waals surface area (Å²) in [6, 6.07) is 6.58. The fourth-order valence-corrected chi connectivity index (χ4v) is 1.92. The summed E-state index contributed by atoms with van der Waals surface area (Å²) >= 11 is 0. The second-order valence-electron chi connectivity index (χ2n) is 5.51. The Labute approximate surface area is 113 Å². The zero-order chi connectivity index (χ0) is 13.9. The van der Waals surface area contributed by atoms with E-state index in [-0.39, 0.29) is 11.2 Å². The molecular formula is C15H19FN2O. The monoisotopic (exact) mass is 262 g/mol. The van der Waals surface area contributed by atoms with Gasteiger partial charge in [-0.1, -0.05) is 26.8 Å². The summed E-state index contributed by atoms with van der Waals surface area (Å²) in [6.07, 6.45) is 3.60. The maximum atomic E-state index is 13.3. The third kappa shape index (κ3) is 3.56. The molecule has 19 heavy (non-hydrogen) atoms. The van der Waals surface area contributed by atoms with E-state index in [0.717, 1.165) is 5.56 Å². The van der Waals surface area contributed by atoms with Crippen LogP contribution < -0.4 is 4.74 Å². The van der Waals surface area contributed by atoms with E-state index in [1.807, 2.05) is 12.3 Å². The van der Waals surface area contributed by atoms with Crippen molar-refractivity contribution in [3.05, 3.63) is 48.0 Å². The number of hydrogen-bond acceptors (Lipinski definition) is 2. The number of halogens is 1. The van der Waals surface area contributed by atoms with Crippen LogP contribution in [0.1, 0.15) is 26.3 Å². The van der Waals surface area contributed by atoms with Crippen molar-refractivity contribution in [2.45, 2.75) is 32.7 Å². The molecule has 3 nitrogen and oxygen atoms in total. The molecule has 0 N–H and O–H groups in total. The standard InChI is InChI=1S/C15H19FN2O/c1-15(2,3)13-6-5-12(16)11-14(13)19-10-9-18-8-4-7-17-18/h4-8,11H,9-10H2,1-3H3. The molecular weight excluding hydrogens is 243 g/mol. The Morgan fingerprint density at radius 3 is 2.74 bits per heavy atom. The number of nitrogens with zero attached hydrogens (tertiary/aromatic N) is 2. The lowest BCUT2D eigenvalue weighted by Gasteiger charge is -2.22. The summed E-state index contributed by atoms with van der Waals surface area (Å²) in [7, 11) is 0. The summed E-state index contributed by atoms with van der Waals surface area (Å²) < 4.78 is 20.8. The van der Waals surface area contributed by atoms with Gasteiger partial charge in [0.25, 0.3) is 0 Å². The van der Waals surface area contributed by atoms with Crippen LogP contribution in [0.3, 0.4) is 0 Å². The molecule has 102 valence electrons. The fraction of sp³-hybridized carbons (Fsp3) is 0.400. The van der Waals surface area contributed by atoms with Crippen LogP contribution in [0.25, 0.3) is 0 Å². The quantitative estimate of drug-likeness (QED) is 0.844. The van der Waals surface area contributed by atoms with Crippen LogP contribution in [-0.4, -0.2) is 16.4 Å². The normalized spacial score (nSPS) is 11.6. The number of hydrogen-bond donors (Lipinski definition) is 0. The van der Waals surface area contributed by atoms with E-state index in [4.69, 9.17) is 4.74 Å². The van der Waals surface area contributed by atoms with Gasteiger partial charge in [0.1, 0.15) is 18.2 Å². The highest BCUT2D eigenvalue weighted by Gasteiger charge is 2.19. The van der Waals surface area contributed by atoms with Gasteiger partial charge in [0.05, 0.1) is 6.54 Å². The minimum absolute atomic E-state index is 0.0747. The van der Waals surface area contributed by atoms with E-state index in [2.05, 4.69) is 25.9 Å². The molecule has 0 saturated heterocycles. The van der Waals surface area contributed by atoms with E-state index < -0.39 is 0 Å². The molecule has 0 aliphatic heterocycles. The Hall–Kier alpha value is -1.84. The second-order valence-corrected chi connectivity index (χ2v) is 5.51. The van der Waals surface area contributed by atoms with Gasteiger partial charge in [0.2, 0.25) is 0 Å². The summed E-state index contributed by atoms with van der Waals surface area (Å²) in [5.74, 6) is 0.335. The van der Waals surface area contributed by atoms with Crippen LogP contribution in [0.5, 0.6) is 5.75 Å². The first-order chi connectivity index (χ1) is 8.97. The zero-order valence-electron chi connectivity index (χ0n) is 11.6. The molecule has 2 aromatic rings. The average Bonchev–Trinajstić information content (AvgIpc) is 2.80. The van der Waals surface area contributed by atoms with Crippen LogP contribution >= 0.6 is 0 Å². The van der Waals surface area contributed by atoms with Crippen LogP contribution in [0.15, 0.2) is 36.7 Å². The summed E-state index contributed by atoms with van der Waals surface area (Å²) in [6.45, 7) is 7.36. The van der Waals surface area contributed by atoms with Gasteiger partial charge in [-0.05, 0) is 23.1 Å². The van der Waals surface area contributed by atoms with Crippen LogP contribution in [-0.2, 0) is 12.0 Å². The Morgan fingerprint density at radius 2 is 2.11 bits per heavy atom. The van der Waals surface area contributed by atoms with E-state index in [0.29, 0.717) is 18.9 Å². The molecule has 0 radical (unpaired) electrons. The van der Waals surface area contributed by atoms with Gasteiger partial charge in [-0.2, -0.15) is 5.10 Å². The molecule has 0 atom stereocenters. The molecule has 0 spiro atoms. The van der Waals surface area contributed by atoms with E-state index in [1.165, 1.54) is 12.1 Å². The maximum absolute atomic E-state index is 13.3. The molecule has 0 amide bonds. The lowest BCUT2D eigenvalue weighted by atomic mass is 9.86. The van der Waals surface area contributed by atoms with Gasteiger partial charge in [0, 0.05) is 18.5 Å². The molecule has 0 saturated carbocycles. The Balaban J connectivity index is 2.08. The first kappa shape index (κ1) is 13.6. The summed E-state index contributed by atoms with van der Waals surface area (Å²) in [4.78, 5) is 0. The third-order valence-electron chi connectivity index (χ3n) is 2.89. The van der Waals surface area contributed by atoms with Crippen molar-refractivity contribution in [2.24, 2.45) is 0 Å². The number of benzene rings is 1. The van der Waals surface area contributed by atoms with Crippen molar-refractivity contribution in [1.82, 2.24) is 9.78 Å². The summed E-state index contributed by atoms with van der Waals surface area (Å²) in [5, 5.41) is 4.10. The van der Waals surface area contributed by atoms with Crippen molar-refractivity contribution in [1.29, 1.82) is 0 Å². The average molecular weight is 262 g/mol. The smallest absolute Gasteiger partial charge is 0.126 e. The van der Waals surface area contributed by atoms with Gasteiger partial charge >= 0.3 is 0 Å². The first-order valence-electron chi connectivity index (χ1n) is 6.37. The van der Waals surface area contributed by atoms with E-state index in [9.17, 15) is 4.39 Å². The van der Waals surface area contributed by atoms with Crippen molar-refractivity contribution >= 4 is 0 Å². The van der Waals surface area contributed by atoms with Crippen LogP contribution in [0, 0.1) is 5.82 Å². The third-order valence-corrected chi connectivity index (χ3v) is 2.89. The Kier molecular flexibility index (Phi) is 3.88. The van der Waals surface area contributed by atoms with E-state index >= 15 is 0 Å². The van der Waals surface area contributed by atoms with Crippen molar-refractivity contribution in [2.75, 3.05) is 6.61 Å². The molecule has 0 fully saturated rings. The topological polar surface area (TPSA) is 27.1 Å². The Bertz CT molecular complexity index is 530. The highest BCUT2D eigenvalue weighted by molar-refractivity contribution is 5.38. The molecule has 2 rings (SSSR count). The predicted molar refractivity (Wildman–Crippen MR) is 72.8 cm³/mol. The highest BCUT2D eigenvalue weighted by Crippen LogP contribution is 2.31. The molecule has 0 aliphatic carbocycles. The highest BCUT2D eigenvalue weighted by atomic mass is 19.1. The predicted octanol–water partition coefficient (Wildman–Crippen LogP) is 3.40. The van der Waals surface area contributed by atoms with Gasteiger partial charge in [-0.3, -0.25) is 4.68 Å². The zero-order valence-corrected chi connectivity index (χ0v) is 11.6. The van der Waals surface area contributed by atoms with E-state index in [1.54, 1.807) is 16.9 Å². The Morgan fingerprint density at radius 1 is 1.32 bits per heavy atom. The lowest BCUT2D eigenvalue weighted by molar-refractivity contribution is 0.283. The molecule has 1 aromatic heterocycles. The minimum atomic E-state index is -0.276. The number of rotatable bonds is 4. The molecule has 0 aliphatic rings. The van der Waals surface area contributed by atoms with Crippen molar-refractivity contribution in [3.8, 4) is 5.75 Å². The number of aromatic nitrogens is 2. The molecule has 4 heteroatoms. The number of ether oxygens (including phenoxy) is 1. The van der Waals surface area contributed by atoms with Gasteiger partial charge in [0.15, 0.2) is 0 Å².